The Balaban J connectivity index is 2.28. The van der Waals surface area contributed by atoms with E-state index in [0.717, 1.165) is 17.4 Å². The second-order valence-electron chi connectivity index (χ2n) is 4.56. The summed E-state index contributed by atoms with van der Waals surface area (Å²) in [4.78, 5) is 0. The number of hydrogen-bond donors (Lipinski definition) is 1. The van der Waals surface area contributed by atoms with Crippen LogP contribution in [0.15, 0.2) is 42.5 Å². The minimum absolute atomic E-state index is 0.184. The average Bonchev–Trinajstić information content (AvgIpc) is 2.44. The van der Waals surface area contributed by atoms with E-state index in [9.17, 15) is 8.78 Å². The van der Waals surface area contributed by atoms with Crippen molar-refractivity contribution in [1.29, 1.82) is 0 Å². The molecule has 0 bridgehead atoms. The molecule has 20 heavy (non-hydrogen) atoms. The monoisotopic (exact) mass is 277 g/mol. The number of likely N-dealkylation sites (N-methyl/N-ethyl adjacent to an activating group) is 1. The molecule has 0 aliphatic rings. The third kappa shape index (κ3) is 3.33. The highest BCUT2D eigenvalue weighted by Crippen LogP contribution is 2.25. The van der Waals surface area contributed by atoms with E-state index in [4.69, 9.17) is 4.74 Å². The van der Waals surface area contributed by atoms with E-state index in [2.05, 4.69) is 5.32 Å². The quantitative estimate of drug-likeness (QED) is 0.903. The maximum absolute atomic E-state index is 13.3. The van der Waals surface area contributed by atoms with Gasteiger partial charge >= 0.3 is 0 Å². The molecule has 0 radical (unpaired) electrons. The molecule has 4 heteroatoms. The largest absolute Gasteiger partial charge is 0.496 e. The predicted octanol–water partition coefficient (Wildman–Crippen LogP) is 3.48. The number of hydrogen-bond acceptors (Lipinski definition) is 2. The van der Waals surface area contributed by atoms with Crippen molar-refractivity contribution < 1.29 is 13.5 Å². The lowest BCUT2D eigenvalue weighted by molar-refractivity contribution is 0.406. The lowest BCUT2D eigenvalue weighted by Crippen LogP contribution is -2.19. The minimum atomic E-state index is -0.569. The molecule has 0 heterocycles. The molecule has 0 aromatic heterocycles. The van der Waals surface area contributed by atoms with Crippen LogP contribution in [-0.2, 0) is 6.42 Å². The predicted molar refractivity (Wildman–Crippen MR) is 74.9 cm³/mol. The van der Waals surface area contributed by atoms with Crippen molar-refractivity contribution in [3.8, 4) is 5.75 Å². The third-order valence-electron chi connectivity index (χ3n) is 3.25. The number of nitrogens with one attached hydrogen (secondary N) is 1. The molecule has 0 saturated carbocycles. The maximum Gasteiger partial charge on any atom is 0.126 e. The molecule has 1 atom stereocenters. The zero-order valence-electron chi connectivity index (χ0n) is 11.5. The van der Waals surface area contributed by atoms with Crippen LogP contribution in [0.25, 0.3) is 0 Å². The van der Waals surface area contributed by atoms with Crippen molar-refractivity contribution in [2.45, 2.75) is 12.5 Å². The van der Waals surface area contributed by atoms with Gasteiger partial charge in [0.15, 0.2) is 0 Å². The van der Waals surface area contributed by atoms with Gasteiger partial charge in [0.25, 0.3) is 0 Å². The molecule has 2 aromatic carbocycles. The highest BCUT2D eigenvalue weighted by molar-refractivity contribution is 5.35. The van der Waals surface area contributed by atoms with Gasteiger partial charge in [0, 0.05) is 12.1 Å². The van der Waals surface area contributed by atoms with Crippen molar-refractivity contribution in [1.82, 2.24) is 5.32 Å². The molecule has 0 spiro atoms. The van der Waals surface area contributed by atoms with Crippen molar-refractivity contribution in [2.75, 3.05) is 14.2 Å². The Morgan fingerprint density at radius 1 is 1.10 bits per heavy atom. The van der Waals surface area contributed by atoms with Crippen LogP contribution < -0.4 is 10.1 Å². The van der Waals surface area contributed by atoms with E-state index in [1.807, 2.05) is 24.3 Å². The summed E-state index contributed by atoms with van der Waals surface area (Å²) in [5, 5.41) is 3.08. The van der Waals surface area contributed by atoms with E-state index < -0.39 is 11.6 Å². The maximum atomic E-state index is 13.3. The van der Waals surface area contributed by atoms with Gasteiger partial charge in [0.05, 0.1) is 7.11 Å². The number of para-hydroxylation sites is 1. The lowest BCUT2D eigenvalue weighted by Gasteiger charge is -2.18. The average molecular weight is 277 g/mol. The molecule has 106 valence electrons. The first-order valence-electron chi connectivity index (χ1n) is 6.39. The molecular formula is C16H17F2NO. The molecule has 1 N–H and O–H groups in total. The van der Waals surface area contributed by atoms with Crippen molar-refractivity contribution >= 4 is 0 Å². The fourth-order valence-electron chi connectivity index (χ4n) is 2.25. The van der Waals surface area contributed by atoms with Gasteiger partial charge in [0.1, 0.15) is 17.4 Å². The van der Waals surface area contributed by atoms with Crippen LogP contribution in [0.5, 0.6) is 5.75 Å². The van der Waals surface area contributed by atoms with Crippen LogP contribution >= 0.6 is 0 Å². The Kier molecular flexibility index (Phi) is 4.69. The first kappa shape index (κ1) is 14.5. The van der Waals surface area contributed by atoms with Crippen LogP contribution in [0.4, 0.5) is 8.78 Å². The van der Waals surface area contributed by atoms with Gasteiger partial charge in [-0.25, -0.2) is 8.78 Å². The molecule has 1 unspecified atom stereocenters. The van der Waals surface area contributed by atoms with Crippen molar-refractivity contribution in [2.24, 2.45) is 0 Å². The van der Waals surface area contributed by atoms with Crippen LogP contribution in [0.3, 0.4) is 0 Å². The van der Waals surface area contributed by atoms with Gasteiger partial charge in [-0.1, -0.05) is 18.2 Å². The highest BCUT2D eigenvalue weighted by Gasteiger charge is 2.14. The van der Waals surface area contributed by atoms with Gasteiger partial charge in [0.2, 0.25) is 0 Å². The molecular weight excluding hydrogens is 260 g/mol. The molecule has 2 rings (SSSR count). The van der Waals surface area contributed by atoms with Crippen LogP contribution in [0.1, 0.15) is 17.2 Å². The van der Waals surface area contributed by atoms with E-state index >= 15 is 0 Å². The third-order valence-corrected chi connectivity index (χ3v) is 3.25. The van der Waals surface area contributed by atoms with Crippen LogP contribution in [0.2, 0.25) is 0 Å². The number of rotatable bonds is 5. The standard InChI is InChI=1S/C16H17F2NO/c1-19-15(12-7-13(17)10-14(18)8-12)9-11-5-3-4-6-16(11)20-2/h3-8,10,15,19H,9H2,1-2H3. The number of halogens is 2. The summed E-state index contributed by atoms with van der Waals surface area (Å²) in [6.45, 7) is 0. The Hall–Kier alpha value is -1.94. The molecule has 2 aromatic rings. The van der Waals surface area contributed by atoms with Crippen LogP contribution in [-0.4, -0.2) is 14.2 Å². The van der Waals surface area contributed by atoms with Gasteiger partial charge in [-0.2, -0.15) is 0 Å². The molecule has 2 nitrogen and oxygen atoms in total. The molecule has 0 amide bonds. The van der Waals surface area contributed by atoms with E-state index in [0.29, 0.717) is 12.0 Å². The van der Waals surface area contributed by atoms with Gasteiger partial charge in [-0.15, -0.1) is 0 Å². The number of benzene rings is 2. The normalized spacial score (nSPS) is 12.2. The van der Waals surface area contributed by atoms with Crippen molar-refractivity contribution in [3.63, 3.8) is 0 Å². The number of ether oxygens (including phenoxy) is 1. The second kappa shape index (κ2) is 6.48. The first-order chi connectivity index (χ1) is 9.63. The topological polar surface area (TPSA) is 21.3 Å². The first-order valence-corrected chi connectivity index (χ1v) is 6.39. The smallest absolute Gasteiger partial charge is 0.126 e. The molecule has 0 aliphatic carbocycles. The summed E-state index contributed by atoms with van der Waals surface area (Å²) in [5.41, 5.74) is 1.56. The zero-order valence-corrected chi connectivity index (χ0v) is 11.5. The Morgan fingerprint density at radius 2 is 1.75 bits per heavy atom. The number of methoxy groups -OCH3 is 1. The van der Waals surface area contributed by atoms with E-state index in [1.54, 1.807) is 14.2 Å². The van der Waals surface area contributed by atoms with E-state index in [1.165, 1.54) is 12.1 Å². The summed E-state index contributed by atoms with van der Waals surface area (Å²) in [5.74, 6) is -0.370. The van der Waals surface area contributed by atoms with E-state index in [-0.39, 0.29) is 6.04 Å². The van der Waals surface area contributed by atoms with Gasteiger partial charge < -0.3 is 10.1 Å². The zero-order chi connectivity index (χ0) is 14.5. The molecule has 0 fully saturated rings. The molecule has 0 saturated heterocycles. The van der Waals surface area contributed by atoms with Gasteiger partial charge in [-0.05, 0) is 42.8 Å². The fourth-order valence-corrected chi connectivity index (χ4v) is 2.25. The Morgan fingerprint density at radius 3 is 2.35 bits per heavy atom. The fraction of sp³-hybridized carbons (Fsp3) is 0.250. The second-order valence-corrected chi connectivity index (χ2v) is 4.56. The highest BCUT2D eigenvalue weighted by atomic mass is 19.1. The lowest BCUT2D eigenvalue weighted by atomic mass is 9.98. The van der Waals surface area contributed by atoms with Crippen molar-refractivity contribution in [3.05, 3.63) is 65.2 Å². The van der Waals surface area contributed by atoms with Gasteiger partial charge in [-0.3, -0.25) is 0 Å². The van der Waals surface area contributed by atoms with Crippen LogP contribution in [0, 0.1) is 11.6 Å². The summed E-state index contributed by atoms with van der Waals surface area (Å²) in [6, 6.07) is 11.0. The minimum Gasteiger partial charge on any atom is -0.496 e. The Bertz CT molecular complexity index is 566. The Labute approximate surface area is 117 Å². The molecule has 0 aliphatic heterocycles. The SMILES string of the molecule is CNC(Cc1ccccc1OC)c1cc(F)cc(F)c1. The summed E-state index contributed by atoms with van der Waals surface area (Å²) in [6.07, 6.45) is 0.587. The summed E-state index contributed by atoms with van der Waals surface area (Å²) < 4.78 is 31.9. The summed E-state index contributed by atoms with van der Waals surface area (Å²) >= 11 is 0. The summed E-state index contributed by atoms with van der Waals surface area (Å²) in [7, 11) is 3.37.